The highest BCUT2D eigenvalue weighted by Crippen LogP contribution is 2.21. The lowest BCUT2D eigenvalue weighted by Crippen LogP contribution is -1.95. The lowest BCUT2D eigenvalue weighted by molar-refractivity contribution is 1.27. The average molecular weight is 325 g/mol. The molecule has 6 heteroatoms. The van der Waals surface area contributed by atoms with E-state index in [0.717, 1.165) is 10.0 Å². The van der Waals surface area contributed by atoms with Gasteiger partial charge in [0.05, 0.1) is 6.21 Å². The summed E-state index contributed by atoms with van der Waals surface area (Å²) in [6.45, 7) is 4.15. The molecule has 0 fully saturated rings. The number of hydrogen-bond donors (Lipinski definition) is 2. The Morgan fingerprint density at radius 1 is 1.39 bits per heavy atom. The molecule has 0 aliphatic rings. The third kappa shape index (κ3) is 2.88. The summed E-state index contributed by atoms with van der Waals surface area (Å²) < 4.78 is 1.11. The van der Waals surface area contributed by atoms with E-state index in [1.807, 2.05) is 12.1 Å². The SMILES string of the molecule is Cc1c(Br)ccc(C=NNc2nc(N)cs2)c1C. The van der Waals surface area contributed by atoms with Gasteiger partial charge in [-0.1, -0.05) is 22.0 Å². The molecule has 1 aromatic carbocycles. The first-order chi connectivity index (χ1) is 8.58. The molecule has 4 nitrogen and oxygen atoms in total. The van der Waals surface area contributed by atoms with Gasteiger partial charge in [0, 0.05) is 9.85 Å². The Morgan fingerprint density at radius 3 is 2.83 bits per heavy atom. The minimum atomic E-state index is 0.508. The van der Waals surface area contributed by atoms with E-state index >= 15 is 0 Å². The van der Waals surface area contributed by atoms with Gasteiger partial charge in [-0.2, -0.15) is 5.10 Å². The fourth-order valence-corrected chi connectivity index (χ4v) is 2.42. The zero-order valence-electron chi connectivity index (χ0n) is 10.1. The van der Waals surface area contributed by atoms with Gasteiger partial charge in [0.2, 0.25) is 5.13 Å². The number of thiazole rings is 1. The highest BCUT2D eigenvalue weighted by molar-refractivity contribution is 9.10. The highest BCUT2D eigenvalue weighted by atomic mass is 79.9. The molecule has 0 bridgehead atoms. The number of rotatable bonds is 3. The van der Waals surface area contributed by atoms with Crippen LogP contribution in [-0.2, 0) is 0 Å². The fraction of sp³-hybridized carbons (Fsp3) is 0.167. The molecule has 0 aliphatic heterocycles. The minimum Gasteiger partial charge on any atom is -0.383 e. The van der Waals surface area contributed by atoms with Gasteiger partial charge in [0.15, 0.2) is 0 Å². The summed E-state index contributed by atoms with van der Waals surface area (Å²) in [4.78, 5) is 4.06. The fourth-order valence-electron chi connectivity index (χ4n) is 1.44. The van der Waals surface area contributed by atoms with Crippen molar-refractivity contribution in [1.29, 1.82) is 0 Å². The Morgan fingerprint density at radius 2 is 2.17 bits per heavy atom. The van der Waals surface area contributed by atoms with Crippen molar-refractivity contribution >= 4 is 44.4 Å². The standard InChI is InChI=1S/C12H13BrN4S/c1-7-8(2)10(13)4-3-9(7)5-15-17-12-16-11(14)6-18-12/h3-6H,14H2,1-2H3,(H,16,17). The summed E-state index contributed by atoms with van der Waals surface area (Å²) in [5.41, 5.74) is 11.9. The van der Waals surface area contributed by atoms with E-state index in [2.05, 4.69) is 45.3 Å². The van der Waals surface area contributed by atoms with Crippen molar-refractivity contribution in [3.05, 3.63) is 38.7 Å². The van der Waals surface area contributed by atoms with E-state index in [4.69, 9.17) is 5.73 Å². The Labute approximate surface area is 118 Å². The molecule has 0 atom stereocenters. The van der Waals surface area contributed by atoms with E-state index < -0.39 is 0 Å². The van der Waals surface area contributed by atoms with Gasteiger partial charge in [0.1, 0.15) is 5.82 Å². The molecule has 0 spiro atoms. The Balaban J connectivity index is 2.12. The van der Waals surface area contributed by atoms with Crippen molar-refractivity contribution in [2.75, 3.05) is 11.2 Å². The first kappa shape index (κ1) is 13.0. The number of nitrogens with zero attached hydrogens (tertiary/aromatic N) is 2. The van der Waals surface area contributed by atoms with Crippen LogP contribution in [0.1, 0.15) is 16.7 Å². The van der Waals surface area contributed by atoms with Crippen molar-refractivity contribution in [3.8, 4) is 0 Å². The first-order valence-electron chi connectivity index (χ1n) is 5.33. The monoisotopic (exact) mass is 324 g/mol. The molecule has 0 saturated carbocycles. The number of nitrogens with one attached hydrogen (secondary N) is 1. The molecule has 0 aliphatic carbocycles. The topological polar surface area (TPSA) is 63.3 Å². The maximum atomic E-state index is 5.52. The lowest BCUT2D eigenvalue weighted by atomic mass is 10.0. The van der Waals surface area contributed by atoms with Gasteiger partial charge in [-0.25, -0.2) is 4.98 Å². The second kappa shape index (κ2) is 5.49. The molecule has 2 rings (SSSR count). The number of nitrogen functional groups attached to an aromatic ring is 1. The number of anilines is 2. The number of halogens is 1. The van der Waals surface area contributed by atoms with Crippen LogP contribution in [0.3, 0.4) is 0 Å². The summed E-state index contributed by atoms with van der Waals surface area (Å²) in [6.07, 6.45) is 1.78. The molecule has 94 valence electrons. The molecule has 18 heavy (non-hydrogen) atoms. The van der Waals surface area contributed by atoms with Crippen LogP contribution in [0.25, 0.3) is 0 Å². The smallest absolute Gasteiger partial charge is 0.205 e. The number of hydrazone groups is 1. The summed E-state index contributed by atoms with van der Waals surface area (Å²) in [6, 6.07) is 4.04. The summed E-state index contributed by atoms with van der Waals surface area (Å²) in [5.74, 6) is 0.508. The summed E-state index contributed by atoms with van der Waals surface area (Å²) >= 11 is 4.93. The number of hydrogen-bond acceptors (Lipinski definition) is 5. The van der Waals surface area contributed by atoms with Crippen LogP contribution < -0.4 is 11.2 Å². The zero-order chi connectivity index (χ0) is 13.1. The van der Waals surface area contributed by atoms with Crippen molar-refractivity contribution in [3.63, 3.8) is 0 Å². The van der Waals surface area contributed by atoms with Crippen LogP contribution in [0.5, 0.6) is 0 Å². The van der Waals surface area contributed by atoms with Gasteiger partial charge in [0.25, 0.3) is 0 Å². The van der Waals surface area contributed by atoms with Crippen LogP contribution in [0.15, 0.2) is 27.1 Å². The molecular formula is C12H13BrN4S. The van der Waals surface area contributed by atoms with E-state index in [0.29, 0.717) is 10.9 Å². The van der Waals surface area contributed by atoms with Crippen LogP contribution >= 0.6 is 27.3 Å². The molecule has 0 radical (unpaired) electrons. The molecule has 0 amide bonds. The van der Waals surface area contributed by atoms with Crippen molar-refractivity contribution in [2.24, 2.45) is 5.10 Å². The molecule has 1 heterocycles. The van der Waals surface area contributed by atoms with Crippen molar-refractivity contribution < 1.29 is 0 Å². The third-order valence-electron chi connectivity index (χ3n) is 2.65. The Kier molecular flexibility index (Phi) is 3.98. The Bertz CT molecular complexity index is 592. The molecule has 0 unspecified atom stereocenters. The minimum absolute atomic E-state index is 0.508. The average Bonchev–Trinajstić information content (AvgIpc) is 2.75. The third-order valence-corrected chi connectivity index (χ3v) is 4.27. The quantitative estimate of drug-likeness (QED) is 0.670. The summed E-state index contributed by atoms with van der Waals surface area (Å²) in [5, 5.41) is 6.62. The van der Waals surface area contributed by atoms with Crippen LogP contribution in [-0.4, -0.2) is 11.2 Å². The molecule has 1 aromatic heterocycles. The number of aromatic nitrogens is 1. The molecular weight excluding hydrogens is 312 g/mol. The molecule has 2 aromatic rings. The van der Waals surface area contributed by atoms with E-state index in [1.54, 1.807) is 11.6 Å². The van der Waals surface area contributed by atoms with Crippen LogP contribution in [0, 0.1) is 13.8 Å². The lowest BCUT2D eigenvalue weighted by Gasteiger charge is -2.06. The number of nitrogens with two attached hydrogens (primary N) is 1. The first-order valence-corrected chi connectivity index (χ1v) is 7.01. The molecule has 0 saturated heterocycles. The van der Waals surface area contributed by atoms with Gasteiger partial charge in [-0.05, 0) is 36.6 Å². The second-order valence-electron chi connectivity index (χ2n) is 3.83. The zero-order valence-corrected chi connectivity index (χ0v) is 12.5. The van der Waals surface area contributed by atoms with Gasteiger partial charge in [-0.15, -0.1) is 11.3 Å². The van der Waals surface area contributed by atoms with Crippen molar-refractivity contribution in [2.45, 2.75) is 13.8 Å². The summed E-state index contributed by atoms with van der Waals surface area (Å²) in [7, 11) is 0. The van der Waals surface area contributed by atoms with Crippen LogP contribution in [0.4, 0.5) is 10.9 Å². The maximum Gasteiger partial charge on any atom is 0.205 e. The second-order valence-corrected chi connectivity index (χ2v) is 5.55. The maximum absolute atomic E-state index is 5.52. The van der Waals surface area contributed by atoms with E-state index in [-0.39, 0.29) is 0 Å². The molecule has 3 N–H and O–H groups in total. The highest BCUT2D eigenvalue weighted by Gasteiger charge is 2.02. The van der Waals surface area contributed by atoms with Gasteiger partial charge in [-0.3, -0.25) is 5.43 Å². The number of benzene rings is 1. The predicted molar refractivity (Wildman–Crippen MR) is 81.4 cm³/mol. The normalized spacial score (nSPS) is 11.1. The van der Waals surface area contributed by atoms with E-state index in [1.165, 1.54) is 22.5 Å². The van der Waals surface area contributed by atoms with Crippen molar-refractivity contribution in [1.82, 2.24) is 4.98 Å². The van der Waals surface area contributed by atoms with E-state index in [9.17, 15) is 0 Å². The van der Waals surface area contributed by atoms with Gasteiger partial charge < -0.3 is 5.73 Å². The predicted octanol–water partition coefficient (Wildman–Crippen LogP) is 3.55. The van der Waals surface area contributed by atoms with Gasteiger partial charge >= 0.3 is 0 Å². The van der Waals surface area contributed by atoms with Crippen LogP contribution in [0.2, 0.25) is 0 Å². The largest absolute Gasteiger partial charge is 0.383 e. The Hall–Kier alpha value is -1.40.